The molecule has 0 radical (unpaired) electrons. The van der Waals surface area contributed by atoms with Crippen LogP contribution < -0.4 is 0 Å². The molecule has 27 heavy (non-hydrogen) atoms. The van der Waals surface area contributed by atoms with E-state index in [1.165, 1.54) is 67.4 Å². The predicted molar refractivity (Wildman–Crippen MR) is 112 cm³/mol. The first-order valence-corrected chi connectivity index (χ1v) is 11.3. The summed E-state index contributed by atoms with van der Waals surface area (Å²) in [5.41, 5.74) is 6.03. The van der Waals surface area contributed by atoms with Gasteiger partial charge >= 0.3 is 0 Å². The summed E-state index contributed by atoms with van der Waals surface area (Å²) in [7, 11) is 0. The molecule has 0 amide bonds. The van der Waals surface area contributed by atoms with Crippen molar-refractivity contribution in [1.29, 1.82) is 0 Å². The van der Waals surface area contributed by atoms with E-state index < -0.39 is 0 Å². The minimum atomic E-state index is 0.488. The zero-order chi connectivity index (χ0) is 18.1. The molecule has 1 heterocycles. The van der Waals surface area contributed by atoms with Gasteiger partial charge in [0.1, 0.15) is 0 Å². The van der Waals surface area contributed by atoms with Gasteiger partial charge in [0.2, 0.25) is 0 Å². The molecule has 4 aliphatic rings. The van der Waals surface area contributed by atoms with Crippen molar-refractivity contribution in [1.82, 2.24) is 4.90 Å². The second kappa shape index (κ2) is 6.24. The van der Waals surface area contributed by atoms with Gasteiger partial charge in [0.05, 0.1) is 0 Å². The number of hydrogen-bond donors (Lipinski definition) is 0. The summed E-state index contributed by atoms with van der Waals surface area (Å²) in [6.45, 7) is 2.47. The van der Waals surface area contributed by atoms with Gasteiger partial charge in [0.25, 0.3) is 0 Å². The maximum absolute atomic E-state index is 6.46. The fourth-order valence-electron chi connectivity index (χ4n) is 6.74. The number of halogens is 2. The van der Waals surface area contributed by atoms with Gasteiger partial charge in [0.15, 0.2) is 0 Å². The highest BCUT2D eigenvalue weighted by Crippen LogP contribution is 2.59. The molecule has 4 atom stereocenters. The Balaban J connectivity index is 1.49. The van der Waals surface area contributed by atoms with Crippen molar-refractivity contribution >= 4 is 23.2 Å². The van der Waals surface area contributed by atoms with Crippen molar-refractivity contribution in [3.8, 4) is 0 Å². The second-order valence-electron chi connectivity index (χ2n) is 9.14. The highest BCUT2D eigenvalue weighted by molar-refractivity contribution is 6.31. The third-order valence-electron chi connectivity index (χ3n) is 7.80. The molecule has 0 spiro atoms. The summed E-state index contributed by atoms with van der Waals surface area (Å²) < 4.78 is 0. The van der Waals surface area contributed by atoms with E-state index in [0.717, 1.165) is 16.0 Å². The maximum atomic E-state index is 6.46. The smallest absolute Gasteiger partial charge is 0.0409 e. The highest BCUT2D eigenvalue weighted by atomic mass is 35.5. The first kappa shape index (κ1) is 16.9. The average molecular weight is 398 g/mol. The average Bonchev–Trinajstić information content (AvgIpc) is 3.24. The van der Waals surface area contributed by atoms with E-state index >= 15 is 0 Å². The number of likely N-dealkylation sites (tertiary alicyclic amines) is 1. The molecule has 6 rings (SSSR count). The standard InChI is InChI=1S/C24H25Cl2N/c25-15-5-7-17-19(9-15)22-13-27(12-14-3-1-2-4-14)23-11-20(17)18-8-6-16(26)10-21(18)24(22)23/h5-10,14,20,22-24H,1-4,11-13H2. The Morgan fingerprint density at radius 1 is 0.852 bits per heavy atom. The van der Waals surface area contributed by atoms with Crippen LogP contribution in [0, 0.1) is 5.92 Å². The quantitative estimate of drug-likeness (QED) is 0.552. The van der Waals surface area contributed by atoms with Crippen LogP contribution in [0.25, 0.3) is 0 Å². The van der Waals surface area contributed by atoms with Crippen molar-refractivity contribution < 1.29 is 0 Å². The van der Waals surface area contributed by atoms with E-state index in [2.05, 4.69) is 41.3 Å². The molecular weight excluding hydrogens is 373 g/mol. The van der Waals surface area contributed by atoms with E-state index in [1.807, 2.05) is 0 Å². The number of rotatable bonds is 2. The molecule has 4 unspecified atom stereocenters. The topological polar surface area (TPSA) is 3.24 Å². The Bertz CT molecular complexity index is 892. The first-order valence-electron chi connectivity index (χ1n) is 10.5. The Morgan fingerprint density at radius 3 is 2.26 bits per heavy atom. The molecule has 0 aromatic heterocycles. The lowest BCUT2D eigenvalue weighted by molar-refractivity contribution is 0.188. The number of benzene rings is 2. The predicted octanol–water partition coefficient (Wildman–Crippen LogP) is 6.58. The summed E-state index contributed by atoms with van der Waals surface area (Å²) in [6.07, 6.45) is 6.95. The van der Waals surface area contributed by atoms with Crippen molar-refractivity contribution in [2.75, 3.05) is 13.1 Å². The van der Waals surface area contributed by atoms with Crippen molar-refractivity contribution in [3.63, 3.8) is 0 Å². The van der Waals surface area contributed by atoms with E-state index in [1.54, 1.807) is 0 Å². The van der Waals surface area contributed by atoms with Gasteiger partial charge < -0.3 is 0 Å². The number of hydrogen-bond acceptors (Lipinski definition) is 1. The summed E-state index contributed by atoms with van der Waals surface area (Å²) in [6, 6.07) is 13.9. The number of fused-ring (bicyclic) bond motifs is 3. The molecule has 0 N–H and O–H groups in total. The maximum Gasteiger partial charge on any atom is 0.0409 e. The fourth-order valence-corrected chi connectivity index (χ4v) is 7.10. The molecule has 140 valence electrons. The van der Waals surface area contributed by atoms with Gasteiger partial charge in [0, 0.05) is 46.9 Å². The van der Waals surface area contributed by atoms with E-state index in [0.29, 0.717) is 23.8 Å². The molecule has 1 aliphatic heterocycles. The van der Waals surface area contributed by atoms with Gasteiger partial charge in [-0.15, -0.1) is 0 Å². The summed E-state index contributed by atoms with van der Waals surface area (Å²) in [5, 5.41) is 1.76. The first-order chi connectivity index (χ1) is 13.2. The molecule has 3 heteroatoms. The minimum Gasteiger partial charge on any atom is -0.299 e. The van der Waals surface area contributed by atoms with E-state index in [9.17, 15) is 0 Å². The Hall–Kier alpha value is -1.02. The van der Waals surface area contributed by atoms with Crippen LogP contribution in [0.5, 0.6) is 0 Å². The van der Waals surface area contributed by atoms with Gasteiger partial charge in [-0.3, -0.25) is 4.90 Å². The van der Waals surface area contributed by atoms with Crippen LogP contribution in [0.1, 0.15) is 72.1 Å². The van der Waals surface area contributed by atoms with Crippen LogP contribution >= 0.6 is 23.2 Å². The van der Waals surface area contributed by atoms with Crippen LogP contribution in [0.4, 0.5) is 0 Å². The Labute approximate surface area is 171 Å². The monoisotopic (exact) mass is 397 g/mol. The van der Waals surface area contributed by atoms with E-state index in [-0.39, 0.29) is 0 Å². The van der Waals surface area contributed by atoms with Crippen molar-refractivity contribution in [2.24, 2.45) is 5.92 Å². The SMILES string of the molecule is Clc1ccc2c(c1)C1CN(CC3CCCC3)C3CC2c2ccc(Cl)cc2C13. The Morgan fingerprint density at radius 2 is 1.52 bits per heavy atom. The van der Waals surface area contributed by atoms with Gasteiger partial charge in [-0.1, -0.05) is 48.2 Å². The third kappa shape index (κ3) is 2.55. The van der Waals surface area contributed by atoms with Crippen molar-refractivity contribution in [2.45, 2.75) is 55.9 Å². The number of nitrogens with zero attached hydrogens (tertiary/aromatic N) is 1. The zero-order valence-corrected chi connectivity index (χ0v) is 17.0. The lowest BCUT2D eigenvalue weighted by Crippen LogP contribution is -2.39. The van der Waals surface area contributed by atoms with Crippen molar-refractivity contribution in [3.05, 3.63) is 68.7 Å². The van der Waals surface area contributed by atoms with Crippen LogP contribution in [0.15, 0.2) is 36.4 Å². The molecule has 2 aromatic carbocycles. The van der Waals surface area contributed by atoms with Crippen LogP contribution in [-0.2, 0) is 0 Å². The Kier molecular flexibility index (Phi) is 3.90. The molecule has 2 bridgehead atoms. The van der Waals surface area contributed by atoms with Gasteiger partial charge in [-0.2, -0.15) is 0 Å². The third-order valence-corrected chi connectivity index (χ3v) is 8.27. The lowest BCUT2D eigenvalue weighted by atomic mass is 9.73. The molecule has 1 saturated carbocycles. The second-order valence-corrected chi connectivity index (χ2v) is 10.0. The molecule has 2 fully saturated rings. The molecular formula is C24H25Cl2N. The summed E-state index contributed by atoms with van der Waals surface area (Å²) in [4.78, 5) is 2.84. The molecule has 1 nitrogen and oxygen atoms in total. The molecule has 1 saturated heterocycles. The van der Waals surface area contributed by atoms with Gasteiger partial charge in [-0.05, 0) is 71.7 Å². The van der Waals surface area contributed by atoms with Crippen LogP contribution in [0.2, 0.25) is 10.0 Å². The lowest BCUT2D eigenvalue weighted by Gasteiger charge is -2.38. The summed E-state index contributed by atoms with van der Waals surface area (Å²) in [5.74, 6) is 2.51. The molecule has 3 aliphatic carbocycles. The fraction of sp³-hybridized carbons (Fsp3) is 0.500. The van der Waals surface area contributed by atoms with Crippen LogP contribution in [-0.4, -0.2) is 24.0 Å². The minimum absolute atomic E-state index is 0.488. The van der Waals surface area contributed by atoms with Gasteiger partial charge in [-0.25, -0.2) is 0 Å². The molecule has 2 aromatic rings. The highest BCUT2D eigenvalue weighted by Gasteiger charge is 2.52. The summed E-state index contributed by atoms with van der Waals surface area (Å²) >= 11 is 12.9. The van der Waals surface area contributed by atoms with E-state index in [4.69, 9.17) is 23.2 Å². The van der Waals surface area contributed by atoms with Crippen LogP contribution in [0.3, 0.4) is 0 Å². The largest absolute Gasteiger partial charge is 0.299 e. The zero-order valence-electron chi connectivity index (χ0n) is 15.5. The normalized spacial score (nSPS) is 31.8.